The summed E-state index contributed by atoms with van der Waals surface area (Å²) < 4.78 is 0. The Morgan fingerprint density at radius 2 is 1.38 bits per heavy atom. The minimum absolute atomic E-state index is 0.00407. The van der Waals surface area contributed by atoms with Gasteiger partial charge in [0.2, 0.25) is 0 Å². The van der Waals surface area contributed by atoms with Crippen LogP contribution < -0.4 is 0 Å². The van der Waals surface area contributed by atoms with Crippen molar-refractivity contribution in [3.63, 3.8) is 0 Å². The van der Waals surface area contributed by atoms with Crippen molar-refractivity contribution in [2.45, 2.75) is 27.2 Å². The lowest BCUT2D eigenvalue weighted by atomic mass is 9.98. The van der Waals surface area contributed by atoms with E-state index in [2.05, 4.69) is 17.1 Å². The molecule has 0 N–H and O–H groups in total. The summed E-state index contributed by atoms with van der Waals surface area (Å²) in [5.74, 6) is 0.0719. The summed E-state index contributed by atoms with van der Waals surface area (Å²) in [5, 5.41) is 0. The molecular weight excluding hydrogens is 326 g/mol. The number of aromatic nitrogens is 1. The molecule has 1 aromatic heterocycles. The second-order valence-electron chi connectivity index (χ2n) is 6.95. The molecule has 26 heavy (non-hydrogen) atoms. The Hall–Kier alpha value is -2.69. The van der Waals surface area contributed by atoms with Gasteiger partial charge in [0, 0.05) is 49.7 Å². The number of pyridine rings is 1. The lowest BCUT2D eigenvalue weighted by Gasteiger charge is -2.24. The molecule has 0 atom stereocenters. The Bertz CT molecular complexity index is 794. The molecule has 0 unspecified atom stereocenters. The first-order chi connectivity index (χ1) is 12.5. The van der Waals surface area contributed by atoms with Crippen molar-refractivity contribution >= 4 is 11.8 Å². The van der Waals surface area contributed by atoms with Crippen LogP contribution in [0.4, 0.5) is 0 Å². The van der Waals surface area contributed by atoms with Gasteiger partial charge in [-0.05, 0) is 50.5 Å². The molecule has 1 fully saturated rings. The maximum atomic E-state index is 13.1. The molecule has 1 aromatic carbocycles. The van der Waals surface area contributed by atoms with Crippen molar-refractivity contribution < 1.29 is 9.59 Å². The van der Waals surface area contributed by atoms with Gasteiger partial charge in [-0.15, -0.1) is 0 Å². The van der Waals surface area contributed by atoms with Gasteiger partial charge >= 0.3 is 0 Å². The van der Waals surface area contributed by atoms with Gasteiger partial charge in [-0.3, -0.25) is 14.6 Å². The van der Waals surface area contributed by atoms with E-state index in [4.69, 9.17) is 0 Å². The molecule has 0 bridgehead atoms. The Labute approximate surface area is 154 Å². The van der Waals surface area contributed by atoms with Crippen LogP contribution in [-0.4, -0.2) is 52.8 Å². The van der Waals surface area contributed by atoms with E-state index >= 15 is 0 Å². The third kappa shape index (κ3) is 3.77. The third-order valence-electron chi connectivity index (χ3n) is 4.89. The van der Waals surface area contributed by atoms with Crippen LogP contribution in [0.1, 0.15) is 43.8 Å². The predicted molar refractivity (Wildman–Crippen MR) is 101 cm³/mol. The summed E-state index contributed by atoms with van der Waals surface area (Å²) in [5.41, 5.74) is 4.64. The molecule has 5 nitrogen and oxygen atoms in total. The second kappa shape index (κ2) is 7.68. The minimum atomic E-state index is 0.00407. The quantitative estimate of drug-likeness (QED) is 0.836. The van der Waals surface area contributed by atoms with E-state index < -0.39 is 0 Å². The van der Waals surface area contributed by atoms with E-state index in [0.29, 0.717) is 31.7 Å². The number of nitrogens with zero attached hydrogens (tertiary/aromatic N) is 3. The highest BCUT2D eigenvalue weighted by Crippen LogP contribution is 2.20. The molecule has 2 amide bonds. The van der Waals surface area contributed by atoms with Gasteiger partial charge in [-0.2, -0.15) is 0 Å². The number of hydrogen-bond donors (Lipinski definition) is 0. The highest BCUT2D eigenvalue weighted by Gasteiger charge is 2.25. The van der Waals surface area contributed by atoms with Crippen molar-refractivity contribution in [3.05, 3.63) is 64.5 Å². The number of hydrogen-bond acceptors (Lipinski definition) is 3. The van der Waals surface area contributed by atoms with Crippen LogP contribution in [0, 0.1) is 20.8 Å². The summed E-state index contributed by atoms with van der Waals surface area (Å²) in [6, 6.07) is 7.57. The van der Waals surface area contributed by atoms with Gasteiger partial charge < -0.3 is 9.80 Å². The van der Waals surface area contributed by atoms with Crippen molar-refractivity contribution in [2.75, 3.05) is 26.2 Å². The fourth-order valence-corrected chi connectivity index (χ4v) is 3.68. The normalized spacial score (nSPS) is 14.9. The van der Waals surface area contributed by atoms with Crippen molar-refractivity contribution in [2.24, 2.45) is 0 Å². The number of benzene rings is 1. The van der Waals surface area contributed by atoms with Crippen LogP contribution >= 0.6 is 0 Å². The molecule has 2 heterocycles. The van der Waals surface area contributed by atoms with Crippen LogP contribution in [0.25, 0.3) is 0 Å². The largest absolute Gasteiger partial charge is 0.337 e. The van der Waals surface area contributed by atoms with Crippen LogP contribution in [0.3, 0.4) is 0 Å². The summed E-state index contributed by atoms with van der Waals surface area (Å²) in [6.45, 7) is 8.47. The summed E-state index contributed by atoms with van der Waals surface area (Å²) >= 11 is 0. The van der Waals surface area contributed by atoms with E-state index in [1.54, 1.807) is 24.5 Å². The van der Waals surface area contributed by atoms with E-state index in [1.165, 1.54) is 5.56 Å². The van der Waals surface area contributed by atoms with Crippen LogP contribution in [0.15, 0.2) is 36.7 Å². The third-order valence-corrected chi connectivity index (χ3v) is 4.89. The fourth-order valence-electron chi connectivity index (χ4n) is 3.68. The molecule has 0 aliphatic carbocycles. The van der Waals surface area contributed by atoms with Crippen molar-refractivity contribution in [3.8, 4) is 0 Å². The molecule has 0 spiro atoms. The number of carbonyl (C=O) groups is 2. The first kappa shape index (κ1) is 18.1. The van der Waals surface area contributed by atoms with Gasteiger partial charge in [0.05, 0.1) is 0 Å². The molecule has 5 heteroatoms. The zero-order valence-electron chi connectivity index (χ0n) is 15.7. The fraction of sp³-hybridized carbons (Fsp3) is 0.381. The minimum Gasteiger partial charge on any atom is -0.337 e. The summed E-state index contributed by atoms with van der Waals surface area (Å²) in [7, 11) is 0. The standard InChI is InChI=1S/C21H25N3O2/c1-15-13-16(2)19(17(3)14-15)21(26)24-10-4-9-23(11-12-24)20(25)18-5-7-22-8-6-18/h5-8,13-14H,4,9-12H2,1-3H3. The molecular formula is C21H25N3O2. The number of amides is 2. The van der Waals surface area contributed by atoms with E-state index in [0.717, 1.165) is 23.1 Å². The smallest absolute Gasteiger partial charge is 0.254 e. The first-order valence-corrected chi connectivity index (χ1v) is 9.04. The van der Waals surface area contributed by atoms with Gasteiger partial charge in [-0.1, -0.05) is 17.7 Å². The molecule has 0 saturated carbocycles. The topological polar surface area (TPSA) is 53.5 Å². The lowest BCUT2D eigenvalue weighted by Crippen LogP contribution is -2.37. The maximum absolute atomic E-state index is 13.1. The zero-order chi connectivity index (χ0) is 18.7. The van der Waals surface area contributed by atoms with E-state index in [1.807, 2.05) is 30.6 Å². The summed E-state index contributed by atoms with van der Waals surface area (Å²) in [6.07, 6.45) is 4.04. The van der Waals surface area contributed by atoms with Crippen molar-refractivity contribution in [1.29, 1.82) is 0 Å². The summed E-state index contributed by atoms with van der Waals surface area (Å²) in [4.78, 5) is 33.4. The predicted octanol–water partition coefficient (Wildman–Crippen LogP) is 3.00. The van der Waals surface area contributed by atoms with Crippen LogP contribution in [-0.2, 0) is 0 Å². The molecule has 136 valence electrons. The van der Waals surface area contributed by atoms with E-state index in [9.17, 15) is 9.59 Å². The number of rotatable bonds is 2. The lowest BCUT2D eigenvalue weighted by molar-refractivity contribution is 0.0718. The Kier molecular flexibility index (Phi) is 5.35. The average molecular weight is 351 g/mol. The molecule has 2 aromatic rings. The highest BCUT2D eigenvalue weighted by molar-refractivity contribution is 5.97. The monoisotopic (exact) mass is 351 g/mol. The van der Waals surface area contributed by atoms with Crippen LogP contribution in [0.2, 0.25) is 0 Å². The molecule has 1 saturated heterocycles. The van der Waals surface area contributed by atoms with E-state index in [-0.39, 0.29) is 11.8 Å². The maximum Gasteiger partial charge on any atom is 0.254 e. The second-order valence-corrected chi connectivity index (χ2v) is 6.95. The van der Waals surface area contributed by atoms with Gasteiger partial charge in [0.15, 0.2) is 0 Å². The van der Waals surface area contributed by atoms with Crippen LogP contribution in [0.5, 0.6) is 0 Å². The Morgan fingerprint density at radius 3 is 1.96 bits per heavy atom. The molecule has 1 aliphatic rings. The highest BCUT2D eigenvalue weighted by atomic mass is 16.2. The number of aryl methyl sites for hydroxylation is 3. The zero-order valence-corrected chi connectivity index (χ0v) is 15.7. The average Bonchev–Trinajstić information content (AvgIpc) is 2.87. The SMILES string of the molecule is Cc1cc(C)c(C(=O)N2CCCN(C(=O)c3ccncc3)CC2)c(C)c1. The molecule has 1 aliphatic heterocycles. The van der Waals surface area contributed by atoms with Gasteiger partial charge in [0.25, 0.3) is 11.8 Å². The molecule has 3 rings (SSSR count). The van der Waals surface area contributed by atoms with Gasteiger partial charge in [-0.25, -0.2) is 0 Å². The molecule has 0 radical (unpaired) electrons. The van der Waals surface area contributed by atoms with Crippen molar-refractivity contribution in [1.82, 2.24) is 14.8 Å². The first-order valence-electron chi connectivity index (χ1n) is 9.04. The number of carbonyl (C=O) groups excluding carboxylic acids is 2. The Morgan fingerprint density at radius 1 is 0.846 bits per heavy atom. The Balaban J connectivity index is 1.73. The van der Waals surface area contributed by atoms with Gasteiger partial charge in [0.1, 0.15) is 0 Å².